The number of nitrogens with zero attached hydrogens (tertiary/aromatic N) is 1. The predicted molar refractivity (Wildman–Crippen MR) is 90.1 cm³/mol. The highest BCUT2D eigenvalue weighted by Crippen LogP contribution is 2.45. The summed E-state index contributed by atoms with van der Waals surface area (Å²) in [4.78, 5) is 27.5. The van der Waals surface area contributed by atoms with Gasteiger partial charge in [0.05, 0.1) is 17.5 Å². The lowest BCUT2D eigenvalue weighted by Gasteiger charge is -2.29. The zero-order valence-corrected chi connectivity index (χ0v) is 15.1. The van der Waals surface area contributed by atoms with Crippen LogP contribution in [0.4, 0.5) is 5.69 Å². The number of rotatable bonds is 1. The Morgan fingerprint density at radius 2 is 1.38 bits per heavy atom. The van der Waals surface area contributed by atoms with Gasteiger partial charge in [-0.1, -0.05) is 50.1 Å². The van der Waals surface area contributed by atoms with Crippen LogP contribution < -0.4 is 4.90 Å². The summed E-state index contributed by atoms with van der Waals surface area (Å²) in [5.41, 5.74) is 2.72. The lowest BCUT2D eigenvalue weighted by atomic mass is 9.81. The van der Waals surface area contributed by atoms with Crippen LogP contribution in [0.5, 0.6) is 0 Å². The van der Waals surface area contributed by atoms with Crippen molar-refractivity contribution in [3.8, 4) is 0 Å². The Balaban J connectivity index is 2.02. The van der Waals surface area contributed by atoms with E-state index in [1.165, 1.54) is 4.90 Å². The van der Waals surface area contributed by atoms with Gasteiger partial charge in [-0.25, -0.2) is 4.90 Å². The van der Waals surface area contributed by atoms with Gasteiger partial charge in [-0.05, 0) is 37.8 Å². The van der Waals surface area contributed by atoms with Crippen LogP contribution in [-0.4, -0.2) is 21.5 Å². The molecule has 1 aliphatic heterocycles. The summed E-state index contributed by atoms with van der Waals surface area (Å²) in [6.45, 7) is 3.90. The first kappa shape index (κ1) is 15.2. The number of aryl methyl sites for hydroxylation is 2. The maximum atomic E-state index is 12.8. The summed E-state index contributed by atoms with van der Waals surface area (Å²) in [5, 5.41) is 0. The van der Waals surface area contributed by atoms with Crippen LogP contribution in [0.25, 0.3) is 0 Å². The number of hydrogen-bond donors (Lipinski definition) is 0. The number of carbonyl (C=O) groups excluding carboxylic acids is 2. The maximum absolute atomic E-state index is 12.8. The SMILES string of the molecule is Cc1cccc(C)c1N1C(=O)[C@H]2C[C@@H](Br)[C@@H](Br)C[C@@H]2C1=O. The van der Waals surface area contributed by atoms with Gasteiger partial charge in [0.25, 0.3) is 0 Å². The molecule has 5 heteroatoms. The van der Waals surface area contributed by atoms with Crippen LogP contribution in [0.1, 0.15) is 24.0 Å². The molecule has 1 aromatic rings. The van der Waals surface area contributed by atoms with Crippen LogP contribution in [-0.2, 0) is 9.59 Å². The van der Waals surface area contributed by atoms with Crippen molar-refractivity contribution in [2.24, 2.45) is 11.8 Å². The van der Waals surface area contributed by atoms with E-state index in [0.29, 0.717) is 12.8 Å². The van der Waals surface area contributed by atoms with Crippen molar-refractivity contribution >= 4 is 49.4 Å². The van der Waals surface area contributed by atoms with Crippen molar-refractivity contribution in [1.29, 1.82) is 0 Å². The summed E-state index contributed by atoms with van der Waals surface area (Å²) >= 11 is 7.23. The van der Waals surface area contributed by atoms with E-state index in [1.807, 2.05) is 32.0 Å². The highest BCUT2D eigenvalue weighted by Gasteiger charge is 2.52. The first-order chi connectivity index (χ1) is 9.91. The fourth-order valence-corrected chi connectivity index (χ4v) is 4.71. The first-order valence-electron chi connectivity index (χ1n) is 7.14. The number of amides is 2. The van der Waals surface area contributed by atoms with E-state index in [1.54, 1.807) is 0 Å². The van der Waals surface area contributed by atoms with E-state index < -0.39 is 0 Å². The number of imide groups is 1. The van der Waals surface area contributed by atoms with E-state index in [9.17, 15) is 9.59 Å². The first-order valence-corrected chi connectivity index (χ1v) is 8.97. The van der Waals surface area contributed by atoms with Gasteiger partial charge in [-0.2, -0.15) is 0 Å². The molecule has 3 nitrogen and oxygen atoms in total. The molecule has 0 spiro atoms. The second-order valence-corrected chi connectivity index (χ2v) is 8.32. The molecular weight excluding hydrogens is 398 g/mol. The zero-order valence-electron chi connectivity index (χ0n) is 12.0. The normalized spacial score (nSPS) is 32.5. The molecule has 2 aliphatic rings. The van der Waals surface area contributed by atoms with Crippen LogP contribution in [0.3, 0.4) is 0 Å². The molecule has 1 aliphatic carbocycles. The van der Waals surface area contributed by atoms with Gasteiger partial charge in [0, 0.05) is 9.65 Å². The Morgan fingerprint density at radius 1 is 0.952 bits per heavy atom. The van der Waals surface area contributed by atoms with Gasteiger partial charge >= 0.3 is 0 Å². The van der Waals surface area contributed by atoms with Gasteiger partial charge in [-0.15, -0.1) is 0 Å². The molecule has 1 heterocycles. The smallest absolute Gasteiger partial charge is 0.237 e. The largest absolute Gasteiger partial charge is 0.274 e. The summed E-state index contributed by atoms with van der Waals surface area (Å²) in [5.74, 6) is -0.443. The second kappa shape index (κ2) is 5.51. The molecule has 2 fully saturated rings. The monoisotopic (exact) mass is 413 g/mol. The van der Waals surface area contributed by atoms with Crippen molar-refractivity contribution in [3.05, 3.63) is 29.3 Å². The van der Waals surface area contributed by atoms with E-state index in [2.05, 4.69) is 31.9 Å². The number of halogens is 2. The van der Waals surface area contributed by atoms with Gasteiger partial charge in [0.1, 0.15) is 0 Å². The number of alkyl halides is 2. The van der Waals surface area contributed by atoms with Crippen molar-refractivity contribution in [1.82, 2.24) is 0 Å². The average molecular weight is 415 g/mol. The Labute approximate surface area is 141 Å². The Hall–Kier alpha value is -0.680. The van der Waals surface area contributed by atoms with Crippen molar-refractivity contribution in [2.75, 3.05) is 4.90 Å². The molecular formula is C16H17Br2NO2. The van der Waals surface area contributed by atoms with E-state index in [0.717, 1.165) is 16.8 Å². The van der Waals surface area contributed by atoms with Gasteiger partial charge in [-0.3, -0.25) is 9.59 Å². The number of carbonyl (C=O) groups is 2. The number of anilines is 1. The standard InChI is InChI=1S/C16H17Br2NO2/c1-8-4-3-5-9(2)14(8)19-15(20)10-6-12(17)13(18)7-11(10)16(19)21/h3-5,10-13H,6-7H2,1-2H3/t10-,11-,12-,13+/m0/s1. The highest BCUT2D eigenvalue weighted by atomic mass is 79.9. The topological polar surface area (TPSA) is 37.4 Å². The molecule has 1 aromatic carbocycles. The summed E-state index contributed by atoms with van der Waals surface area (Å²) < 4.78 is 0. The molecule has 0 unspecified atom stereocenters. The minimum absolute atomic E-state index is 0.0359. The number of benzene rings is 1. The summed E-state index contributed by atoms with van der Waals surface area (Å²) in [6, 6.07) is 5.85. The predicted octanol–water partition coefficient (Wildman–Crippen LogP) is 3.73. The molecule has 0 radical (unpaired) electrons. The summed E-state index contributed by atoms with van der Waals surface area (Å²) in [7, 11) is 0. The summed E-state index contributed by atoms with van der Waals surface area (Å²) in [6.07, 6.45) is 1.43. The molecule has 0 aromatic heterocycles. The number of hydrogen-bond acceptors (Lipinski definition) is 2. The van der Waals surface area contributed by atoms with Crippen molar-refractivity contribution < 1.29 is 9.59 Å². The maximum Gasteiger partial charge on any atom is 0.237 e. The number of para-hydroxylation sites is 1. The Bertz CT molecular complexity index is 568. The highest BCUT2D eigenvalue weighted by molar-refractivity contribution is 9.12. The molecule has 2 amide bonds. The fraction of sp³-hybridized carbons (Fsp3) is 0.500. The minimum Gasteiger partial charge on any atom is -0.274 e. The van der Waals surface area contributed by atoms with E-state index >= 15 is 0 Å². The molecule has 21 heavy (non-hydrogen) atoms. The van der Waals surface area contributed by atoms with Crippen LogP contribution >= 0.6 is 31.9 Å². The van der Waals surface area contributed by atoms with Gasteiger partial charge in [0.2, 0.25) is 11.8 Å². The molecule has 1 saturated heterocycles. The minimum atomic E-state index is -0.185. The van der Waals surface area contributed by atoms with Crippen LogP contribution in [0.15, 0.2) is 18.2 Å². The van der Waals surface area contributed by atoms with E-state index in [-0.39, 0.29) is 33.3 Å². The lowest BCUT2D eigenvalue weighted by molar-refractivity contribution is -0.122. The Kier molecular flexibility index (Phi) is 3.99. The van der Waals surface area contributed by atoms with Crippen molar-refractivity contribution in [3.63, 3.8) is 0 Å². The molecule has 3 rings (SSSR count). The Morgan fingerprint density at radius 3 is 1.81 bits per heavy atom. The number of fused-ring (bicyclic) bond motifs is 1. The molecule has 4 atom stereocenters. The molecule has 0 bridgehead atoms. The average Bonchev–Trinajstić information content (AvgIpc) is 2.65. The molecule has 0 N–H and O–H groups in total. The van der Waals surface area contributed by atoms with Crippen LogP contribution in [0.2, 0.25) is 0 Å². The van der Waals surface area contributed by atoms with Crippen LogP contribution in [0, 0.1) is 25.7 Å². The lowest BCUT2D eigenvalue weighted by Crippen LogP contribution is -2.34. The van der Waals surface area contributed by atoms with Crippen molar-refractivity contribution in [2.45, 2.75) is 36.3 Å². The van der Waals surface area contributed by atoms with Gasteiger partial charge in [0.15, 0.2) is 0 Å². The molecule has 1 saturated carbocycles. The van der Waals surface area contributed by atoms with E-state index in [4.69, 9.17) is 0 Å². The third kappa shape index (κ3) is 2.38. The fourth-order valence-electron chi connectivity index (χ4n) is 3.47. The second-order valence-electron chi connectivity index (χ2n) is 5.97. The van der Waals surface area contributed by atoms with Gasteiger partial charge < -0.3 is 0 Å². The third-order valence-corrected chi connectivity index (χ3v) is 7.31. The third-order valence-electron chi connectivity index (χ3n) is 4.57. The quantitative estimate of drug-likeness (QED) is 0.518. The molecule has 112 valence electrons. The zero-order chi connectivity index (χ0) is 15.3.